The van der Waals surface area contributed by atoms with Crippen LogP contribution in [0.25, 0.3) is 0 Å². The number of nitrogens with one attached hydrogen (secondary N) is 1. The van der Waals surface area contributed by atoms with Gasteiger partial charge in [-0.15, -0.1) is 12.4 Å². The van der Waals surface area contributed by atoms with Crippen molar-refractivity contribution in [2.75, 3.05) is 26.2 Å². The fourth-order valence-electron chi connectivity index (χ4n) is 3.69. The molecule has 2 nitrogen and oxygen atoms in total. The quantitative estimate of drug-likeness (QED) is 0.900. The van der Waals surface area contributed by atoms with Gasteiger partial charge in [-0.3, -0.25) is 4.90 Å². The molecule has 2 heterocycles. The van der Waals surface area contributed by atoms with E-state index in [1.807, 2.05) is 0 Å². The fourth-order valence-corrected chi connectivity index (χ4v) is 3.69. The number of likely N-dealkylation sites (tertiary alicyclic amines) is 1. The van der Waals surface area contributed by atoms with Crippen LogP contribution in [0.15, 0.2) is 18.2 Å². The zero-order valence-corrected chi connectivity index (χ0v) is 13.6. The molecule has 3 heteroatoms. The van der Waals surface area contributed by atoms with Crippen molar-refractivity contribution in [3.05, 3.63) is 34.9 Å². The molecule has 0 radical (unpaired) electrons. The van der Waals surface area contributed by atoms with Crippen LogP contribution in [-0.4, -0.2) is 31.1 Å². The van der Waals surface area contributed by atoms with Crippen LogP contribution in [0.4, 0.5) is 0 Å². The minimum Gasteiger partial charge on any atom is -0.317 e. The predicted molar refractivity (Wildman–Crippen MR) is 87.6 cm³/mol. The number of rotatable bonds is 2. The summed E-state index contributed by atoms with van der Waals surface area (Å²) in [5, 5.41) is 3.50. The third-order valence-corrected chi connectivity index (χ3v) is 5.16. The molecule has 0 unspecified atom stereocenters. The number of benzene rings is 1. The Bertz CT molecular complexity index is 452. The van der Waals surface area contributed by atoms with E-state index in [4.69, 9.17) is 0 Å². The van der Waals surface area contributed by atoms with Gasteiger partial charge in [0.15, 0.2) is 0 Å². The average molecular weight is 295 g/mol. The summed E-state index contributed by atoms with van der Waals surface area (Å²) in [6, 6.07) is 6.93. The minimum atomic E-state index is 0. The molecule has 3 rings (SSSR count). The summed E-state index contributed by atoms with van der Waals surface area (Å²) in [5.74, 6) is 0. The molecule has 112 valence electrons. The highest BCUT2D eigenvalue weighted by molar-refractivity contribution is 5.85. The molecule has 2 aliphatic rings. The van der Waals surface area contributed by atoms with Gasteiger partial charge in [0.2, 0.25) is 0 Å². The second kappa shape index (κ2) is 6.46. The molecule has 2 aliphatic heterocycles. The monoisotopic (exact) mass is 294 g/mol. The van der Waals surface area contributed by atoms with Crippen LogP contribution in [0.3, 0.4) is 0 Å². The highest BCUT2D eigenvalue weighted by Gasteiger charge is 2.38. The lowest BCUT2D eigenvalue weighted by Gasteiger charge is -2.34. The lowest BCUT2D eigenvalue weighted by Crippen LogP contribution is -2.38. The number of piperidine rings is 1. The zero-order valence-electron chi connectivity index (χ0n) is 12.7. The molecular formula is C17H27ClN2. The Hall–Kier alpha value is -0.570. The van der Waals surface area contributed by atoms with E-state index in [0.29, 0.717) is 5.41 Å². The first-order valence-corrected chi connectivity index (χ1v) is 7.66. The normalized spacial score (nSPS) is 21.9. The topological polar surface area (TPSA) is 15.3 Å². The van der Waals surface area contributed by atoms with Gasteiger partial charge in [0.05, 0.1) is 0 Å². The summed E-state index contributed by atoms with van der Waals surface area (Å²) in [6.45, 7) is 10.6. The van der Waals surface area contributed by atoms with Gasteiger partial charge in [0.1, 0.15) is 0 Å². The van der Waals surface area contributed by atoms with E-state index in [9.17, 15) is 0 Å². The van der Waals surface area contributed by atoms with Gasteiger partial charge >= 0.3 is 0 Å². The lowest BCUT2D eigenvalue weighted by molar-refractivity contribution is 0.194. The largest absolute Gasteiger partial charge is 0.317 e. The first-order valence-electron chi connectivity index (χ1n) is 7.66. The Kier molecular flexibility index (Phi) is 5.11. The van der Waals surface area contributed by atoms with Crippen LogP contribution in [0, 0.1) is 19.3 Å². The highest BCUT2D eigenvalue weighted by atomic mass is 35.5. The van der Waals surface area contributed by atoms with Gasteiger partial charge in [0, 0.05) is 13.1 Å². The maximum Gasteiger partial charge on any atom is 0.0234 e. The molecule has 0 aromatic heterocycles. The highest BCUT2D eigenvalue weighted by Crippen LogP contribution is 2.39. The number of hydrogen-bond acceptors (Lipinski definition) is 2. The van der Waals surface area contributed by atoms with E-state index >= 15 is 0 Å². The second-order valence-corrected chi connectivity index (χ2v) is 6.63. The van der Waals surface area contributed by atoms with Crippen molar-refractivity contribution in [3.63, 3.8) is 0 Å². The van der Waals surface area contributed by atoms with Crippen LogP contribution in [0.5, 0.6) is 0 Å². The first kappa shape index (κ1) is 15.8. The van der Waals surface area contributed by atoms with E-state index in [-0.39, 0.29) is 12.4 Å². The zero-order chi connectivity index (χ0) is 13.3. The van der Waals surface area contributed by atoms with Gasteiger partial charge in [-0.05, 0) is 74.8 Å². The molecule has 0 aliphatic carbocycles. The lowest BCUT2D eigenvalue weighted by atomic mass is 9.78. The summed E-state index contributed by atoms with van der Waals surface area (Å²) < 4.78 is 0. The molecule has 2 fully saturated rings. The minimum absolute atomic E-state index is 0. The maximum atomic E-state index is 3.50. The van der Waals surface area contributed by atoms with Gasteiger partial charge in [-0.1, -0.05) is 18.2 Å². The summed E-state index contributed by atoms with van der Waals surface area (Å²) in [6.07, 6.45) is 4.15. The number of hydrogen-bond donors (Lipinski definition) is 1. The molecular weight excluding hydrogens is 268 g/mol. The number of halogens is 1. The van der Waals surface area contributed by atoms with E-state index in [1.165, 1.54) is 62.1 Å². The summed E-state index contributed by atoms with van der Waals surface area (Å²) in [5.41, 5.74) is 4.94. The predicted octanol–water partition coefficient (Wildman–Crippen LogP) is 3.30. The Morgan fingerprint density at radius 3 is 2.55 bits per heavy atom. The van der Waals surface area contributed by atoms with Crippen molar-refractivity contribution in [1.29, 1.82) is 0 Å². The molecule has 1 aromatic carbocycles. The number of aryl methyl sites for hydroxylation is 2. The Morgan fingerprint density at radius 1 is 1.10 bits per heavy atom. The molecule has 0 amide bonds. The Morgan fingerprint density at radius 2 is 1.85 bits per heavy atom. The second-order valence-electron chi connectivity index (χ2n) is 6.63. The molecule has 0 atom stereocenters. The average Bonchev–Trinajstić information content (AvgIpc) is 2.78. The Labute approximate surface area is 129 Å². The molecule has 20 heavy (non-hydrogen) atoms. The summed E-state index contributed by atoms with van der Waals surface area (Å²) in [4.78, 5) is 2.66. The van der Waals surface area contributed by atoms with Gasteiger partial charge < -0.3 is 5.32 Å². The van der Waals surface area contributed by atoms with Crippen molar-refractivity contribution < 1.29 is 0 Å². The van der Waals surface area contributed by atoms with E-state index in [0.717, 1.165) is 6.54 Å². The molecule has 2 saturated heterocycles. The molecule has 0 bridgehead atoms. The van der Waals surface area contributed by atoms with Crippen molar-refractivity contribution >= 4 is 12.4 Å². The molecule has 1 spiro atoms. The van der Waals surface area contributed by atoms with Gasteiger partial charge in [-0.2, -0.15) is 0 Å². The van der Waals surface area contributed by atoms with Crippen molar-refractivity contribution in [1.82, 2.24) is 10.2 Å². The van der Waals surface area contributed by atoms with Crippen LogP contribution in [0.2, 0.25) is 0 Å². The van der Waals surface area contributed by atoms with Crippen molar-refractivity contribution in [3.8, 4) is 0 Å². The van der Waals surface area contributed by atoms with E-state index in [2.05, 4.69) is 42.3 Å². The smallest absolute Gasteiger partial charge is 0.0234 e. The van der Waals surface area contributed by atoms with Crippen molar-refractivity contribution in [2.45, 2.75) is 39.7 Å². The first-order chi connectivity index (χ1) is 9.17. The van der Waals surface area contributed by atoms with Crippen LogP contribution < -0.4 is 5.32 Å². The van der Waals surface area contributed by atoms with E-state index < -0.39 is 0 Å². The van der Waals surface area contributed by atoms with Gasteiger partial charge in [-0.25, -0.2) is 0 Å². The Balaban J connectivity index is 0.00000147. The molecule has 1 aromatic rings. The molecule has 0 saturated carbocycles. The summed E-state index contributed by atoms with van der Waals surface area (Å²) >= 11 is 0. The van der Waals surface area contributed by atoms with Crippen molar-refractivity contribution in [2.24, 2.45) is 5.41 Å². The van der Waals surface area contributed by atoms with Crippen LogP contribution >= 0.6 is 12.4 Å². The standard InChI is InChI=1S/C17H26N2.ClH/c1-14-3-4-16(11-15(14)2)12-19-10-7-17(13-19)5-8-18-9-6-17;/h3-4,11,18H,5-10,12-13H2,1-2H3;1H. The maximum absolute atomic E-state index is 3.50. The van der Waals surface area contributed by atoms with Crippen LogP contribution in [-0.2, 0) is 6.54 Å². The third-order valence-electron chi connectivity index (χ3n) is 5.16. The third kappa shape index (κ3) is 3.36. The summed E-state index contributed by atoms with van der Waals surface area (Å²) in [7, 11) is 0. The van der Waals surface area contributed by atoms with Gasteiger partial charge in [0.25, 0.3) is 0 Å². The van der Waals surface area contributed by atoms with E-state index in [1.54, 1.807) is 0 Å². The molecule has 1 N–H and O–H groups in total. The number of nitrogens with zero attached hydrogens (tertiary/aromatic N) is 1. The van der Waals surface area contributed by atoms with Crippen LogP contribution in [0.1, 0.15) is 36.0 Å². The fraction of sp³-hybridized carbons (Fsp3) is 0.647. The SMILES string of the molecule is Cc1ccc(CN2CCC3(CCNCC3)C2)cc1C.Cl.